The molecule has 0 spiro atoms. The van der Waals surface area contributed by atoms with E-state index >= 15 is 0 Å². The number of H-pyrrole nitrogens is 1. The molecule has 0 bridgehead atoms. The van der Waals surface area contributed by atoms with Gasteiger partial charge in [-0.15, -0.1) is 11.3 Å². The molecule has 8 heteroatoms. The largest absolute Gasteiger partial charge is 0.382 e. The van der Waals surface area contributed by atoms with Crippen molar-refractivity contribution in [1.82, 2.24) is 19.9 Å². The molecular formula is C18H18N4O3S. The molecule has 3 aromatic rings. The van der Waals surface area contributed by atoms with Gasteiger partial charge in [-0.1, -0.05) is 12.1 Å². The highest BCUT2D eigenvalue weighted by Crippen LogP contribution is 2.21. The number of ether oxygens (including phenoxy) is 1. The Morgan fingerprint density at radius 1 is 1.31 bits per heavy atom. The van der Waals surface area contributed by atoms with Gasteiger partial charge in [0.05, 0.1) is 23.2 Å². The zero-order valence-corrected chi connectivity index (χ0v) is 15.2. The van der Waals surface area contributed by atoms with Gasteiger partial charge in [0.2, 0.25) is 0 Å². The van der Waals surface area contributed by atoms with E-state index in [1.807, 2.05) is 29.6 Å². The van der Waals surface area contributed by atoms with Crippen molar-refractivity contribution >= 4 is 17.2 Å². The smallest absolute Gasteiger partial charge is 0.264 e. The fourth-order valence-corrected chi connectivity index (χ4v) is 3.22. The van der Waals surface area contributed by atoms with Crippen molar-refractivity contribution < 1.29 is 9.53 Å². The molecule has 3 heterocycles. The molecule has 26 heavy (non-hydrogen) atoms. The van der Waals surface area contributed by atoms with Gasteiger partial charge in [0.15, 0.2) is 0 Å². The van der Waals surface area contributed by atoms with Gasteiger partial charge in [-0.2, -0.15) is 0 Å². The van der Waals surface area contributed by atoms with E-state index < -0.39 is 17.5 Å². The molecule has 0 aliphatic carbocycles. The van der Waals surface area contributed by atoms with Crippen LogP contribution in [0.15, 0.2) is 52.9 Å². The van der Waals surface area contributed by atoms with Crippen LogP contribution >= 0.6 is 11.3 Å². The lowest BCUT2D eigenvalue weighted by molar-refractivity contribution is 0.0593. The summed E-state index contributed by atoms with van der Waals surface area (Å²) in [5.41, 5.74) is 0.187. The summed E-state index contributed by atoms with van der Waals surface area (Å²) >= 11 is 1.46. The van der Waals surface area contributed by atoms with E-state index in [1.54, 1.807) is 26.4 Å². The van der Waals surface area contributed by atoms with Crippen molar-refractivity contribution in [1.29, 1.82) is 0 Å². The van der Waals surface area contributed by atoms with E-state index in [1.165, 1.54) is 22.4 Å². The Labute approximate surface area is 154 Å². The number of methoxy groups -OCH3 is 1. The van der Waals surface area contributed by atoms with Crippen molar-refractivity contribution in [3.8, 4) is 10.7 Å². The second-order valence-electron chi connectivity index (χ2n) is 5.59. The Balaban J connectivity index is 1.88. The van der Waals surface area contributed by atoms with Gasteiger partial charge in [0.25, 0.3) is 11.5 Å². The quantitative estimate of drug-likeness (QED) is 0.720. The molecule has 0 aliphatic rings. The number of hydrogen-bond donors (Lipinski definition) is 1. The number of amides is 1. The van der Waals surface area contributed by atoms with Crippen LogP contribution in [-0.4, -0.2) is 46.5 Å². The maximum Gasteiger partial charge on any atom is 0.264 e. The second kappa shape index (κ2) is 8.03. The number of rotatable bonds is 6. The molecule has 1 amide bonds. The Bertz CT molecular complexity index is 925. The Morgan fingerprint density at radius 2 is 2.15 bits per heavy atom. The van der Waals surface area contributed by atoms with Gasteiger partial charge >= 0.3 is 0 Å². The highest BCUT2D eigenvalue weighted by molar-refractivity contribution is 7.13. The first-order valence-corrected chi connectivity index (χ1v) is 8.80. The summed E-state index contributed by atoms with van der Waals surface area (Å²) in [6.45, 7) is 0.262. The van der Waals surface area contributed by atoms with Gasteiger partial charge in [0, 0.05) is 26.6 Å². The summed E-state index contributed by atoms with van der Waals surface area (Å²) in [6.07, 6.45) is 2.97. The molecule has 0 saturated heterocycles. The summed E-state index contributed by atoms with van der Waals surface area (Å²) in [7, 11) is 3.17. The molecule has 0 aromatic carbocycles. The SMILES string of the molecule is COC[C@@H](c1ccccn1)N(C)C(=O)c1cnc(-c2cccs2)[nH]c1=O. The number of carbonyl (C=O) groups is 1. The molecule has 0 aliphatic heterocycles. The predicted octanol–water partition coefficient (Wildman–Crippen LogP) is 2.35. The summed E-state index contributed by atoms with van der Waals surface area (Å²) in [6, 6.07) is 8.77. The fraction of sp³-hybridized carbons (Fsp3) is 0.222. The number of pyridine rings is 1. The van der Waals surface area contributed by atoms with E-state index in [9.17, 15) is 9.59 Å². The van der Waals surface area contributed by atoms with Gasteiger partial charge in [-0.3, -0.25) is 14.6 Å². The third kappa shape index (κ3) is 3.71. The lowest BCUT2D eigenvalue weighted by Crippen LogP contribution is -2.37. The van der Waals surface area contributed by atoms with Crippen LogP contribution in [0.25, 0.3) is 10.7 Å². The van der Waals surface area contributed by atoms with Gasteiger partial charge in [-0.05, 0) is 23.6 Å². The Kier molecular flexibility index (Phi) is 5.55. The molecule has 7 nitrogen and oxygen atoms in total. The number of hydrogen-bond acceptors (Lipinski definition) is 6. The number of nitrogens with zero attached hydrogens (tertiary/aromatic N) is 3. The van der Waals surface area contributed by atoms with Crippen LogP contribution in [0.1, 0.15) is 22.1 Å². The predicted molar refractivity (Wildman–Crippen MR) is 99.1 cm³/mol. The molecular weight excluding hydrogens is 352 g/mol. The molecule has 1 N–H and O–H groups in total. The van der Waals surface area contributed by atoms with E-state index in [0.29, 0.717) is 11.5 Å². The number of aromatic amines is 1. The number of likely N-dealkylation sites (N-methyl/N-ethyl adjacent to an activating group) is 1. The number of carbonyl (C=O) groups excluding carboxylic acids is 1. The minimum Gasteiger partial charge on any atom is -0.382 e. The highest BCUT2D eigenvalue weighted by Gasteiger charge is 2.26. The first-order valence-electron chi connectivity index (χ1n) is 7.92. The van der Waals surface area contributed by atoms with Crippen molar-refractivity contribution in [2.24, 2.45) is 0 Å². The lowest BCUT2D eigenvalue weighted by Gasteiger charge is -2.27. The van der Waals surface area contributed by atoms with Crippen LogP contribution in [0.5, 0.6) is 0 Å². The average molecular weight is 370 g/mol. The van der Waals surface area contributed by atoms with E-state index in [4.69, 9.17) is 4.74 Å². The molecule has 1 atom stereocenters. The van der Waals surface area contributed by atoms with Crippen LogP contribution < -0.4 is 5.56 Å². The topological polar surface area (TPSA) is 88.2 Å². The molecule has 0 unspecified atom stereocenters. The minimum absolute atomic E-state index is 0.0233. The maximum absolute atomic E-state index is 12.8. The van der Waals surface area contributed by atoms with Crippen LogP contribution in [0.2, 0.25) is 0 Å². The monoisotopic (exact) mass is 370 g/mol. The summed E-state index contributed by atoms with van der Waals surface area (Å²) in [4.78, 5) is 38.7. The van der Waals surface area contributed by atoms with E-state index in [0.717, 1.165) is 4.88 Å². The minimum atomic E-state index is -0.475. The molecule has 0 radical (unpaired) electrons. The van der Waals surface area contributed by atoms with Crippen LogP contribution in [-0.2, 0) is 4.74 Å². The van der Waals surface area contributed by atoms with Crippen molar-refractivity contribution in [3.63, 3.8) is 0 Å². The summed E-state index contributed by atoms with van der Waals surface area (Å²) < 4.78 is 5.23. The number of nitrogens with one attached hydrogen (secondary N) is 1. The van der Waals surface area contributed by atoms with Gasteiger partial charge in [0.1, 0.15) is 11.4 Å². The molecule has 134 valence electrons. The third-order valence-corrected chi connectivity index (χ3v) is 4.80. The van der Waals surface area contributed by atoms with Crippen LogP contribution in [0.3, 0.4) is 0 Å². The molecule has 0 saturated carbocycles. The van der Waals surface area contributed by atoms with Crippen molar-refractivity contribution in [2.45, 2.75) is 6.04 Å². The molecule has 3 rings (SSSR count). The Morgan fingerprint density at radius 3 is 2.77 bits per heavy atom. The van der Waals surface area contributed by atoms with Crippen molar-refractivity contribution in [3.05, 3.63) is 69.7 Å². The normalized spacial score (nSPS) is 11.9. The first-order chi connectivity index (χ1) is 12.6. The maximum atomic E-state index is 12.8. The summed E-state index contributed by atoms with van der Waals surface area (Å²) in [5, 5.41) is 1.89. The van der Waals surface area contributed by atoms with E-state index in [2.05, 4.69) is 15.0 Å². The highest BCUT2D eigenvalue weighted by atomic mass is 32.1. The first kappa shape index (κ1) is 18.0. The van der Waals surface area contributed by atoms with Gasteiger partial charge < -0.3 is 14.6 Å². The average Bonchev–Trinajstić information content (AvgIpc) is 3.20. The summed E-state index contributed by atoms with van der Waals surface area (Å²) in [5.74, 6) is 0.00607. The van der Waals surface area contributed by atoms with Crippen molar-refractivity contribution in [2.75, 3.05) is 20.8 Å². The van der Waals surface area contributed by atoms with Crippen LogP contribution in [0, 0.1) is 0 Å². The zero-order chi connectivity index (χ0) is 18.5. The fourth-order valence-electron chi connectivity index (χ4n) is 2.54. The second-order valence-corrected chi connectivity index (χ2v) is 6.54. The van der Waals surface area contributed by atoms with Crippen LogP contribution in [0.4, 0.5) is 0 Å². The molecule has 0 fully saturated rings. The van der Waals surface area contributed by atoms with E-state index in [-0.39, 0.29) is 12.2 Å². The Hall–Kier alpha value is -2.84. The standard InChI is InChI=1S/C18H18N4O3S/c1-22(14(11-25-2)13-6-3-4-8-19-13)18(24)12-10-20-16(21-17(12)23)15-7-5-9-26-15/h3-10,14H,11H2,1-2H3,(H,20,21,23)/t14-/m0/s1. The lowest BCUT2D eigenvalue weighted by atomic mass is 10.1. The third-order valence-electron chi connectivity index (χ3n) is 3.93. The number of thiophene rings is 1. The number of aromatic nitrogens is 3. The van der Waals surface area contributed by atoms with Gasteiger partial charge in [-0.25, -0.2) is 4.98 Å². The zero-order valence-electron chi connectivity index (χ0n) is 14.4. The molecule has 3 aromatic heterocycles.